The summed E-state index contributed by atoms with van der Waals surface area (Å²) in [5, 5.41) is 0. The minimum atomic E-state index is -0.502. The van der Waals surface area contributed by atoms with Crippen LogP contribution < -0.4 is 10.6 Å². The number of carbonyl (C=O) groups excluding carboxylic acids is 2. The van der Waals surface area contributed by atoms with Gasteiger partial charge in [-0.1, -0.05) is 6.07 Å². The van der Waals surface area contributed by atoms with Gasteiger partial charge in [0.25, 0.3) is 5.91 Å². The number of anilines is 1. The summed E-state index contributed by atoms with van der Waals surface area (Å²) in [5.74, 6) is -0.389. The summed E-state index contributed by atoms with van der Waals surface area (Å²) in [5.41, 5.74) is 12.5. The van der Waals surface area contributed by atoms with Crippen molar-refractivity contribution in [2.75, 3.05) is 31.1 Å². The fraction of sp³-hybridized carbons (Fsp3) is 0.391. The summed E-state index contributed by atoms with van der Waals surface area (Å²) in [7, 11) is 0. The van der Waals surface area contributed by atoms with E-state index in [2.05, 4.69) is 32.8 Å². The van der Waals surface area contributed by atoms with Crippen LogP contribution in [0.5, 0.6) is 0 Å². The number of aromatic nitrogens is 1. The normalized spacial score (nSPS) is 17.0. The standard InChI is InChI=1S/C23H27N5O2/c1-14-17(4-5-19-18(14)12-22(29)16(3)26-19)13-27-8-10-28(11-9-27)21-7-6-20(23(24)30)25-15(21)2/h4-7H,8-13H2,1-3H3,(H2,24,30). The number of ketones is 1. The summed E-state index contributed by atoms with van der Waals surface area (Å²) in [6, 6.07) is 7.81. The largest absolute Gasteiger partial charge is 0.368 e. The third kappa shape index (κ3) is 3.85. The van der Waals surface area contributed by atoms with Gasteiger partial charge in [0.05, 0.1) is 22.8 Å². The first-order valence-corrected chi connectivity index (χ1v) is 10.3. The molecule has 30 heavy (non-hydrogen) atoms. The van der Waals surface area contributed by atoms with Crippen molar-refractivity contribution < 1.29 is 9.59 Å². The number of hydrogen-bond donors (Lipinski definition) is 1. The number of nitrogens with zero attached hydrogens (tertiary/aromatic N) is 4. The number of nitrogens with two attached hydrogens (primary N) is 1. The molecular weight excluding hydrogens is 378 g/mol. The maximum absolute atomic E-state index is 12.1. The highest BCUT2D eigenvalue weighted by Gasteiger charge is 2.23. The first kappa shape index (κ1) is 20.2. The van der Waals surface area contributed by atoms with E-state index < -0.39 is 5.91 Å². The van der Waals surface area contributed by atoms with Gasteiger partial charge in [-0.15, -0.1) is 0 Å². The molecular formula is C23H27N5O2. The van der Waals surface area contributed by atoms with E-state index >= 15 is 0 Å². The molecule has 0 unspecified atom stereocenters. The van der Waals surface area contributed by atoms with Crippen molar-refractivity contribution in [2.45, 2.75) is 33.7 Å². The highest BCUT2D eigenvalue weighted by molar-refractivity contribution is 6.40. The molecule has 156 valence electrons. The van der Waals surface area contributed by atoms with E-state index in [1.807, 2.05) is 19.1 Å². The van der Waals surface area contributed by atoms with Gasteiger partial charge in [-0.25, -0.2) is 9.98 Å². The zero-order valence-corrected chi connectivity index (χ0v) is 17.7. The molecule has 0 atom stereocenters. The predicted octanol–water partition coefficient (Wildman–Crippen LogP) is 2.34. The number of Topliss-reactive ketones (excluding diaryl/α,β-unsaturated/α-hetero) is 1. The van der Waals surface area contributed by atoms with Crippen molar-refractivity contribution in [3.8, 4) is 0 Å². The fourth-order valence-electron chi connectivity index (χ4n) is 4.23. The highest BCUT2D eigenvalue weighted by atomic mass is 16.1. The second-order valence-corrected chi connectivity index (χ2v) is 8.07. The number of primary amides is 1. The molecule has 1 aromatic carbocycles. The van der Waals surface area contributed by atoms with Gasteiger partial charge >= 0.3 is 0 Å². The molecule has 0 aliphatic carbocycles. The molecule has 1 aromatic heterocycles. The van der Waals surface area contributed by atoms with Gasteiger partial charge in [-0.3, -0.25) is 14.5 Å². The Morgan fingerprint density at radius 3 is 2.47 bits per heavy atom. The Kier molecular flexibility index (Phi) is 5.39. The van der Waals surface area contributed by atoms with E-state index in [1.165, 1.54) is 11.1 Å². The molecule has 4 rings (SSSR count). The van der Waals surface area contributed by atoms with Crippen molar-refractivity contribution >= 4 is 28.8 Å². The minimum absolute atomic E-state index is 0.114. The molecule has 2 aliphatic heterocycles. The summed E-state index contributed by atoms with van der Waals surface area (Å²) in [6.45, 7) is 10.3. The molecule has 1 saturated heterocycles. The average Bonchev–Trinajstić information content (AvgIpc) is 2.72. The van der Waals surface area contributed by atoms with Crippen molar-refractivity contribution in [3.63, 3.8) is 0 Å². The molecule has 2 aromatic rings. The SMILES string of the molecule is CC1=Nc2ccc(CN3CCN(c4ccc(C(N)=O)nc4C)CC3)c(C)c2CC1=O. The second kappa shape index (κ2) is 7.99. The summed E-state index contributed by atoms with van der Waals surface area (Å²) in [4.78, 5) is 36.9. The quantitative estimate of drug-likeness (QED) is 0.843. The number of amides is 1. The van der Waals surface area contributed by atoms with Crippen LogP contribution in [-0.4, -0.2) is 53.5 Å². The Hall–Kier alpha value is -3.06. The van der Waals surface area contributed by atoms with Crippen molar-refractivity contribution in [2.24, 2.45) is 10.7 Å². The van der Waals surface area contributed by atoms with Crippen LogP contribution in [-0.2, 0) is 17.8 Å². The monoisotopic (exact) mass is 405 g/mol. The van der Waals surface area contributed by atoms with E-state index in [0.717, 1.165) is 55.4 Å². The topological polar surface area (TPSA) is 91.9 Å². The van der Waals surface area contributed by atoms with Gasteiger partial charge in [0.15, 0.2) is 5.78 Å². The van der Waals surface area contributed by atoms with Crippen LogP contribution in [0.3, 0.4) is 0 Å². The van der Waals surface area contributed by atoms with Gasteiger partial charge in [0.2, 0.25) is 0 Å². The van der Waals surface area contributed by atoms with Crippen LogP contribution in [0.4, 0.5) is 11.4 Å². The van der Waals surface area contributed by atoms with Gasteiger partial charge in [-0.05, 0) is 55.7 Å². The first-order chi connectivity index (χ1) is 14.3. The Morgan fingerprint density at radius 1 is 1.07 bits per heavy atom. The van der Waals surface area contributed by atoms with E-state index in [0.29, 0.717) is 17.8 Å². The maximum atomic E-state index is 12.1. The summed E-state index contributed by atoms with van der Waals surface area (Å²) < 4.78 is 0. The molecule has 0 radical (unpaired) electrons. The molecule has 7 nitrogen and oxygen atoms in total. The molecule has 1 fully saturated rings. The fourth-order valence-corrected chi connectivity index (χ4v) is 4.23. The van der Waals surface area contributed by atoms with E-state index in [9.17, 15) is 9.59 Å². The molecule has 2 aliphatic rings. The lowest BCUT2D eigenvalue weighted by atomic mass is 9.93. The molecule has 0 spiro atoms. The lowest BCUT2D eigenvalue weighted by Gasteiger charge is -2.37. The van der Waals surface area contributed by atoms with Crippen LogP contribution in [0.2, 0.25) is 0 Å². The van der Waals surface area contributed by atoms with E-state index in [-0.39, 0.29) is 5.78 Å². The number of hydrogen-bond acceptors (Lipinski definition) is 6. The zero-order chi connectivity index (χ0) is 21.4. The number of rotatable bonds is 4. The molecule has 2 N–H and O–H groups in total. The minimum Gasteiger partial charge on any atom is -0.368 e. The van der Waals surface area contributed by atoms with Gasteiger partial charge < -0.3 is 10.6 Å². The lowest BCUT2D eigenvalue weighted by molar-refractivity contribution is -0.112. The first-order valence-electron chi connectivity index (χ1n) is 10.3. The molecule has 0 saturated carbocycles. The highest BCUT2D eigenvalue weighted by Crippen LogP contribution is 2.30. The third-order valence-corrected chi connectivity index (χ3v) is 6.13. The van der Waals surface area contributed by atoms with Crippen molar-refractivity contribution in [3.05, 3.63) is 52.3 Å². The van der Waals surface area contributed by atoms with E-state index in [4.69, 9.17) is 5.73 Å². The summed E-state index contributed by atoms with van der Waals surface area (Å²) >= 11 is 0. The van der Waals surface area contributed by atoms with Crippen molar-refractivity contribution in [1.82, 2.24) is 9.88 Å². The number of aryl methyl sites for hydroxylation is 1. The summed E-state index contributed by atoms with van der Waals surface area (Å²) in [6.07, 6.45) is 0.450. The lowest BCUT2D eigenvalue weighted by Crippen LogP contribution is -2.46. The van der Waals surface area contributed by atoms with Gasteiger partial charge in [0, 0.05) is 39.1 Å². The molecule has 3 heterocycles. The average molecular weight is 406 g/mol. The van der Waals surface area contributed by atoms with Crippen LogP contribution in [0.25, 0.3) is 0 Å². The number of fused-ring (bicyclic) bond motifs is 1. The zero-order valence-electron chi connectivity index (χ0n) is 17.7. The Morgan fingerprint density at radius 2 is 1.80 bits per heavy atom. The molecule has 7 heteroatoms. The smallest absolute Gasteiger partial charge is 0.267 e. The van der Waals surface area contributed by atoms with Crippen LogP contribution in [0.15, 0.2) is 29.3 Å². The number of benzene rings is 1. The third-order valence-electron chi connectivity index (χ3n) is 6.13. The number of carbonyl (C=O) groups is 2. The van der Waals surface area contributed by atoms with Crippen molar-refractivity contribution in [1.29, 1.82) is 0 Å². The predicted molar refractivity (Wildman–Crippen MR) is 118 cm³/mol. The van der Waals surface area contributed by atoms with Crippen LogP contribution in [0.1, 0.15) is 39.8 Å². The van der Waals surface area contributed by atoms with Gasteiger partial charge in [-0.2, -0.15) is 0 Å². The Bertz CT molecular complexity index is 1050. The number of piperazine rings is 1. The molecule has 1 amide bonds. The van der Waals surface area contributed by atoms with Gasteiger partial charge in [0.1, 0.15) is 5.69 Å². The Balaban J connectivity index is 1.43. The molecule has 0 bridgehead atoms. The number of pyridine rings is 1. The second-order valence-electron chi connectivity index (χ2n) is 8.07. The van der Waals surface area contributed by atoms with Crippen LogP contribution in [0, 0.1) is 13.8 Å². The van der Waals surface area contributed by atoms with E-state index in [1.54, 1.807) is 13.0 Å². The van der Waals surface area contributed by atoms with Crippen LogP contribution >= 0.6 is 0 Å². The Labute approximate surface area is 176 Å². The maximum Gasteiger partial charge on any atom is 0.267 e. The number of aliphatic imine (C=N–C) groups is 1.